The van der Waals surface area contributed by atoms with Gasteiger partial charge in [-0.3, -0.25) is 14.4 Å². The van der Waals surface area contributed by atoms with Crippen LogP contribution in [0.3, 0.4) is 0 Å². The molecule has 4 fully saturated rings. The Bertz CT molecular complexity index is 1780. The summed E-state index contributed by atoms with van der Waals surface area (Å²) in [6.07, 6.45) is 14.4. The van der Waals surface area contributed by atoms with Crippen LogP contribution in [0.4, 0.5) is 0 Å². The van der Waals surface area contributed by atoms with E-state index in [2.05, 4.69) is 88.8 Å². The molecule has 5 aliphatic rings. The normalized spacial score (nSPS) is 36.3. The molecule has 0 bridgehead atoms. The topological polar surface area (TPSA) is 108 Å². The molecule has 8 heteroatoms. The minimum absolute atomic E-state index is 0.0472. The molecule has 9 atom stereocenters. The minimum atomic E-state index is -1.17. The number of rotatable bonds is 11. The fourth-order valence-electron chi connectivity index (χ4n) is 13.2. The molecular weight excluding hydrogens is 704 g/mol. The first-order valence-corrected chi connectivity index (χ1v) is 21.3. The maximum absolute atomic E-state index is 13.2. The van der Waals surface area contributed by atoms with Gasteiger partial charge in [0.15, 0.2) is 5.78 Å². The Morgan fingerprint density at radius 1 is 1.02 bits per heavy atom. The van der Waals surface area contributed by atoms with Crippen LogP contribution in [0.1, 0.15) is 140 Å². The zero-order chi connectivity index (χ0) is 41.3. The maximum atomic E-state index is 13.2. The Hall–Kier alpha value is -2.97. The van der Waals surface area contributed by atoms with Crippen molar-refractivity contribution in [3.63, 3.8) is 0 Å². The summed E-state index contributed by atoms with van der Waals surface area (Å²) in [5, 5.41) is 20.3. The van der Waals surface area contributed by atoms with Gasteiger partial charge in [-0.1, -0.05) is 66.7 Å². The predicted molar refractivity (Wildman–Crippen MR) is 224 cm³/mol. The van der Waals surface area contributed by atoms with Gasteiger partial charge in [-0.2, -0.15) is 5.26 Å². The van der Waals surface area contributed by atoms with Crippen LogP contribution in [0.25, 0.3) is 0 Å². The molecule has 0 heterocycles. The monoisotopic (exact) mass is 772 g/mol. The third-order valence-electron chi connectivity index (χ3n) is 16.4. The summed E-state index contributed by atoms with van der Waals surface area (Å²) >= 11 is 0. The molecule has 7 nitrogen and oxygen atoms in total. The van der Waals surface area contributed by atoms with Crippen LogP contribution < -0.4 is 0 Å². The number of aliphatic carboxylic acids is 1. The van der Waals surface area contributed by atoms with Gasteiger partial charge < -0.3 is 14.7 Å². The molecule has 0 aliphatic heterocycles. The van der Waals surface area contributed by atoms with Crippen molar-refractivity contribution in [2.24, 2.45) is 56.2 Å². The number of allylic oxidation sites excluding steroid dienone is 5. The molecule has 0 saturated heterocycles. The van der Waals surface area contributed by atoms with Crippen LogP contribution in [0.5, 0.6) is 0 Å². The molecule has 0 spiro atoms. The van der Waals surface area contributed by atoms with Gasteiger partial charge in [-0.05, 0) is 142 Å². The van der Waals surface area contributed by atoms with Crippen molar-refractivity contribution in [3.05, 3.63) is 47.2 Å². The Kier molecular flexibility index (Phi) is 11.6. The predicted octanol–water partition coefficient (Wildman–Crippen LogP) is 10.6. The van der Waals surface area contributed by atoms with Crippen molar-refractivity contribution in [1.82, 2.24) is 4.90 Å². The highest BCUT2D eigenvalue weighted by Crippen LogP contribution is 2.77. The van der Waals surface area contributed by atoms with E-state index in [0.717, 1.165) is 63.5 Å². The molecule has 1 N–H and O–H groups in total. The van der Waals surface area contributed by atoms with Gasteiger partial charge in [0.2, 0.25) is 0 Å². The van der Waals surface area contributed by atoms with Crippen molar-refractivity contribution in [1.29, 1.82) is 5.26 Å². The first kappa shape index (κ1) is 43.2. The lowest BCUT2D eigenvalue weighted by atomic mass is 9.33. The molecule has 0 aromatic rings. The highest BCUT2D eigenvalue weighted by atomic mass is 31.0. The van der Waals surface area contributed by atoms with Crippen molar-refractivity contribution < 1.29 is 24.2 Å². The van der Waals surface area contributed by atoms with Gasteiger partial charge in [0.1, 0.15) is 6.10 Å². The molecule has 0 aromatic carbocycles. The van der Waals surface area contributed by atoms with E-state index in [1.807, 2.05) is 12.2 Å². The number of hydrogen-bond acceptors (Lipinski definition) is 6. The molecule has 8 unspecified atom stereocenters. The molecule has 0 radical (unpaired) electrons. The third-order valence-corrected chi connectivity index (χ3v) is 16.8. The van der Waals surface area contributed by atoms with Crippen LogP contribution >= 0.6 is 8.86 Å². The number of carbonyl (C=O) groups excluding carboxylic acids is 2. The molecule has 5 aliphatic carbocycles. The second kappa shape index (κ2) is 14.8. The van der Waals surface area contributed by atoms with Crippen molar-refractivity contribution in [2.75, 3.05) is 7.05 Å². The van der Waals surface area contributed by atoms with Gasteiger partial charge in [-0.15, -0.1) is 8.86 Å². The van der Waals surface area contributed by atoms with Crippen molar-refractivity contribution in [2.45, 2.75) is 153 Å². The number of ketones is 1. The number of hydrogen-bond donors (Lipinski definition) is 1. The van der Waals surface area contributed by atoms with Gasteiger partial charge in [0, 0.05) is 41.3 Å². The molecule has 55 heavy (non-hydrogen) atoms. The fraction of sp³-hybridized carbons (Fsp3) is 0.723. The smallest absolute Gasteiger partial charge is 0.309 e. The number of carbonyl (C=O) groups is 3. The summed E-state index contributed by atoms with van der Waals surface area (Å²) < 4.78 is 6.20. The number of nitrogens with zero attached hydrogens (tertiary/aromatic N) is 2. The van der Waals surface area contributed by atoms with E-state index in [4.69, 9.17) is 4.74 Å². The van der Waals surface area contributed by atoms with Crippen LogP contribution in [-0.4, -0.2) is 52.2 Å². The second-order valence-electron chi connectivity index (χ2n) is 20.5. The minimum Gasteiger partial charge on any atom is -0.481 e. The van der Waals surface area contributed by atoms with Crippen molar-refractivity contribution >= 4 is 31.9 Å². The number of carboxylic acids is 1. The number of fused-ring (bicyclic) bond motifs is 7. The molecule has 4 saturated carbocycles. The maximum Gasteiger partial charge on any atom is 0.309 e. The Labute approximate surface area is 334 Å². The zero-order valence-corrected chi connectivity index (χ0v) is 36.9. The zero-order valence-electron chi connectivity index (χ0n) is 35.9. The average Bonchev–Trinajstić information content (AvgIpc) is 3.39. The number of likely N-dealkylation sites (N-methyl/N-ethyl adjacent to an activating group) is 1. The first-order chi connectivity index (χ1) is 25.3. The summed E-state index contributed by atoms with van der Waals surface area (Å²) in [7, 11) is 6.31. The number of nitriles is 1. The van der Waals surface area contributed by atoms with Gasteiger partial charge in [0.25, 0.3) is 0 Å². The molecular formula is C47H69N2O5P. The highest BCUT2D eigenvalue weighted by Gasteiger charge is 2.70. The van der Waals surface area contributed by atoms with Crippen LogP contribution in [0.2, 0.25) is 0 Å². The van der Waals surface area contributed by atoms with Crippen LogP contribution in [-0.2, 0) is 19.1 Å². The molecule has 0 aromatic heterocycles. The van der Waals surface area contributed by atoms with E-state index < -0.39 is 17.4 Å². The van der Waals surface area contributed by atoms with E-state index in [1.165, 1.54) is 10.9 Å². The lowest BCUT2D eigenvalue weighted by Crippen LogP contribution is -2.66. The summed E-state index contributed by atoms with van der Waals surface area (Å²) in [5.74, 6) is 0.229. The standard InChI is InChI=1S/C47H69N2O5P/c1-28(2)39-33(55)25-47(36(24-31(5)50)49(13)30(4)15-14-29(3)27-48)23-22-45(11)32(40(39)47)16-17-35-44(10)20-19-37(54-38(51)26-42(6,7)41(52)53)43(8,9)34(44)18-21-46(35,45)12/h14-15,24,28,30,32,34-35,37,55H,3,16-23,25-26H2,1-2,4-13H3,(H,52,53)/b15-14-,36-24-/t30?,32?,34?,35?,37?,44?,45-,46?,47?/m1/s1. The van der Waals surface area contributed by atoms with Gasteiger partial charge >= 0.3 is 11.9 Å². The molecule has 5 rings (SSSR count). The lowest BCUT2D eigenvalue weighted by molar-refractivity contribution is -0.233. The number of carboxylic acid groups (broad SMARTS) is 1. The summed E-state index contributed by atoms with van der Waals surface area (Å²) in [6, 6.07) is 2.08. The second-order valence-corrected chi connectivity index (χ2v) is 21.1. The van der Waals surface area contributed by atoms with Crippen LogP contribution in [0.15, 0.2) is 47.2 Å². The Morgan fingerprint density at radius 2 is 1.67 bits per heavy atom. The Morgan fingerprint density at radius 3 is 2.25 bits per heavy atom. The average molecular weight is 773 g/mol. The van der Waals surface area contributed by atoms with E-state index in [1.54, 1.807) is 32.4 Å². The summed E-state index contributed by atoms with van der Waals surface area (Å²) in [6.45, 7) is 27.8. The molecule has 302 valence electrons. The van der Waals surface area contributed by atoms with E-state index in [-0.39, 0.29) is 51.4 Å². The lowest BCUT2D eigenvalue weighted by Gasteiger charge is -2.72. The first-order valence-electron chi connectivity index (χ1n) is 20.8. The van der Waals surface area contributed by atoms with Crippen molar-refractivity contribution in [3.8, 4) is 6.07 Å². The highest BCUT2D eigenvalue weighted by molar-refractivity contribution is 7.22. The molecule has 0 amide bonds. The largest absolute Gasteiger partial charge is 0.481 e. The van der Waals surface area contributed by atoms with Crippen LogP contribution in [0, 0.1) is 67.5 Å². The van der Waals surface area contributed by atoms with Gasteiger partial charge in [-0.25, -0.2) is 0 Å². The van der Waals surface area contributed by atoms with Gasteiger partial charge in [0.05, 0.1) is 17.9 Å². The van der Waals surface area contributed by atoms with E-state index >= 15 is 0 Å². The Balaban J connectivity index is 1.52. The quantitative estimate of drug-likeness (QED) is 0.0732. The number of esters is 1. The third kappa shape index (κ3) is 6.93. The number of ether oxygens (including phenoxy) is 1. The van der Waals surface area contributed by atoms with E-state index in [0.29, 0.717) is 29.2 Å². The summed E-state index contributed by atoms with van der Waals surface area (Å²) in [5.41, 5.74) is 2.98. The fourth-order valence-corrected chi connectivity index (χ4v) is 14.0. The van der Waals surface area contributed by atoms with E-state index in [9.17, 15) is 24.8 Å². The summed E-state index contributed by atoms with van der Waals surface area (Å²) in [4.78, 5) is 40.4. The SMILES string of the molecule is C=C(C#N)/C=C\C(C)N(C)/C(=C\C(C)=O)C12CC[C@]3(C)C(CCC4C5(C)CCC(OC(=O)CC(C)(C)C(=O)O)C(C)(C)C5CCC43C)C1=C(C(C)C)C(=P)C2.